The van der Waals surface area contributed by atoms with Gasteiger partial charge in [0.1, 0.15) is 0 Å². The minimum atomic E-state index is -0.0539. The normalized spacial score (nSPS) is 9.78. The van der Waals surface area contributed by atoms with Crippen LogP contribution < -0.4 is 16.0 Å². The highest BCUT2D eigenvalue weighted by atomic mass is 16.1. The Balaban J connectivity index is 2.39. The second-order valence-electron chi connectivity index (χ2n) is 3.69. The fourth-order valence-electron chi connectivity index (χ4n) is 1.39. The third-order valence-corrected chi connectivity index (χ3v) is 2.28. The quantitative estimate of drug-likeness (QED) is 0.448. The summed E-state index contributed by atoms with van der Waals surface area (Å²) in [6.45, 7) is 1.78. The number of nitrogens with one attached hydrogen (secondary N) is 3. The highest BCUT2D eigenvalue weighted by molar-refractivity contribution is 5.77. The lowest BCUT2D eigenvalue weighted by Crippen LogP contribution is -2.31. The standard InChI is InChI=1S/C12H17N5O/c1-14-12(18)9-16-8-11-6-10(2-4-17-11)7-15-5-3-13/h2,4,6,15-16H,5,7-9H2,1H3,(H,14,18). The highest BCUT2D eigenvalue weighted by Gasteiger charge is 2.00. The van der Waals surface area contributed by atoms with Crippen LogP contribution in [0.3, 0.4) is 0 Å². The number of carbonyl (C=O) groups is 1. The predicted octanol–water partition coefficient (Wildman–Crippen LogP) is -0.470. The molecule has 1 amide bonds. The molecule has 0 aliphatic heterocycles. The van der Waals surface area contributed by atoms with Gasteiger partial charge in [0.2, 0.25) is 5.91 Å². The average molecular weight is 247 g/mol. The number of nitriles is 1. The van der Waals surface area contributed by atoms with E-state index in [2.05, 4.69) is 20.9 Å². The van der Waals surface area contributed by atoms with Gasteiger partial charge in [-0.1, -0.05) is 0 Å². The first-order valence-electron chi connectivity index (χ1n) is 5.69. The lowest BCUT2D eigenvalue weighted by atomic mass is 10.2. The van der Waals surface area contributed by atoms with Crippen LogP contribution in [-0.2, 0) is 17.9 Å². The lowest BCUT2D eigenvalue weighted by Gasteiger charge is -2.06. The monoisotopic (exact) mass is 247 g/mol. The van der Waals surface area contributed by atoms with Crippen molar-refractivity contribution in [1.29, 1.82) is 5.26 Å². The lowest BCUT2D eigenvalue weighted by molar-refractivity contribution is -0.119. The van der Waals surface area contributed by atoms with E-state index >= 15 is 0 Å². The molecule has 1 aromatic heterocycles. The molecule has 0 saturated carbocycles. The first-order chi connectivity index (χ1) is 8.76. The van der Waals surface area contributed by atoms with Gasteiger partial charge in [-0.2, -0.15) is 5.26 Å². The molecule has 6 heteroatoms. The number of carbonyl (C=O) groups excluding carboxylic acids is 1. The number of hydrogen-bond donors (Lipinski definition) is 3. The number of pyridine rings is 1. The molecule has 1 aromatic rings. The minimum Gasteiger partial charge on any atom is -0.358 e. The second-order valence-corrected chi connectivity index (χ2v) is 3.69. The van der Waals surface area contributed by atoms with Crippen LogP contribution in [0.15, 0.2) is 18.3 Å². The predicted molar refractivity (Wildman–Crippen MR) is 67.3 cm³/mol. The molecule has 96 valence electrons. The van der Waals surface area contributed by atoms with E-state index in [0.717, 1.165) is 11.3 Å². The first-order valence-corrected chi connectivity index (χ1v) is 5.69. The maximum atomic E-state index is 11.0. The fourth-order valence-corrected chi connectivity index (χ4v) is 1.39. The van der Waals surface area contributed by atoms with Gasteiger partial charge in [0.15, 0.2) is 0 Å². The van der Waals surface area contributed by atoms with Crippen molar-refractivity contribution < 1.29 is 4.79 Å². The van der Waals surface area contributed by atoms with Crippen molar-refractivity contribution in [2.45, 2.75) is 13.1 Å². The Hall–Kier alpha value is -1.97. The number of aromatic nitrogens is 1. The molecule has 0 fully saturated rings. The zero-order valence-electron chi connectivity index (χ0n) is 10.4. The molecule has 0 spiro atoms. The third-order valence-electron chi connectivity index (χ3n) is 2.28. The summed E-state index contributed by atoms with van der Waals surface area (Å²) < 4.78 is 0. The Morgan fingerprint density at radius 1 is 1.44 bits per heavy atom. The maximum absolute atomic E-state index is 11.0. The van der Waals surface area contributed by atoms with E-state index in [9.17, 15) is 4.79 Å². The molecule has 3 N–H and O–H groups in total. The number of rotatable bonds is 7. The van der Waals surface area contributed by atoms with E-state index in [1.54, 1.807) is 13.2 Å². The topological polar surface area (TPSA) is 89.8 Å². The molecule has 0 unspecified atom stereocenters. The number of nitrogens with zero attached hydrogens (tertiary/aromatic N) is 2. The summed E-state index contributed by atoms with van der Waals surface area (Å²) >= 11 is 0. The Kier molecular flexibility index (Phi) is 6.40. The Labute approximate surface area is 106 Å². The Morgan fingerprint density at radius 2 is 2.28 bits per heavy atom. The summed E-state index contributed by atoms with van der Waals surface area (Å²) in [5.41, 5.74) is 1.94. The van der Waals surface area contributed by atoms with E-state index in [0.29, 0.717) is 19.6 Å². The van der Waals surface area contributed by atoms with Crippen molar-refractivity contribution in [3.8, 4) is 6.07 Å². The second kappa shape index (κ2) is 8.17. The van der Waals surface area contributed by atoms with E-state index < -0.39 is 0 Å². The fraction of sp³-hybridized carbons (Fsp3) is 0.417. The van der Waals surface area contributed by atoms with Crippen LogP contribution in [0.5, 0.6) is 0 Å². The van der Waals surface area contributed by atoms with Gasteiger partial charge in [0.05, 0.1) is 24.9 Å². The van der Waals surface area contributed by atoms with Crippen LogP contribution in [0.2, 0.25) is 0 Å². The minimum absolute atomic E-state index is 0.0539. The van der Waals surface area contributed by atoms with Crippen molar-refractivity contribution >= 4 is 5.91 Å². The zero-order chi connectivity index (χ0) is 13.2. The number of hydrogen-bond acceptors (Lipinski definition) is 5. The molecule has 0 saturated heterocycles. The summed E-state index contributed by atoms with van der Waals surface area (Å²) in [6, 6.07) is 5.86. The van der Waals surface area contributed by atoms with Crippen molar-refractivity contribution in [2.24, 2.45) is 0 Å². The van der Waals surface area contributed by atoms with Gasteiger partial charge in [0.25, 0.3) is 0 Å². The molecule has 6 nitrogen and oxygen atoms in total. The van der Waals surface area contributed by atoms with Crippen LogP contribution in [-0.4, -0.2) is 31.0 Å². The van der Waals surface area contributed by atoms with Gasteiger partial charge in [-0.05, 0) is 17.7 Å². The maximum Gasteiger partial charge on any atom is 0.233 e. The SMILES string of the molecule is CNC(=O)CNCc1cc(CNCC#N)ccn1. The van der Waals surface area contributed by atoms with Crippen LogP contribution in [0, 0.1) is 11.3 Å². The van der Waals surface area contributed by atoms with Gasteiger partial charge in [-0.25, -0.2) is 0 Å². The van der Waals surface area contributed by atoms with Gasteiger partial charge in [-0.3, -0.25) is 9.78 Å². The summed E-state index contributed by atoms with van der Waals surface area (Å²) in [6.07, 6.45) is 1.72. The first kappa shape index (κ1) is 14.1. The molecule has 0 bridgehead atoms. The van der Waals surface area contributed by atoms with E-state index in [1.807, 2.05) is 18.2 Å². The molecule has 0 radical (unpaired) electrons. The molecular weight excluding hydrogens is 230 g/mol. The summed E-state index contributed by atoms with van der Waals surface area (Å²) in [5.74, 6) is -0.0539. The van der Waals surface area contributed by atoms with Crippen molar-refractivity contribution in [1.82, 2.24) is 20.9 Å². The molecule has 0 aliphatic carbocycles. The average Bonchev–Trinajstić information content (AvgIpc) is 2.39. The zero-order valence-corrected chi connectivity index (χ0v) is 10.4. The van der Waals surface area contributed by atoms with Crippen LogP contribution in [0.25, 0.3) is 0 Å². The summed E-state index contributed by atoms with van der Waals surface area (Å²) in [5, 5.41) is 16.9. The van der Waals surface area contributed by atoms with Crippen molar-refractivity contribution in [3.05, 3.63) is 29.6 Å². The summed E-state index contributed by atoms with van der Waals surface area (Å²) in [4.78, 5) is 15.2. The van der Waals surface area contributed by atoms with Gasteiger partial charge < -0.3 is 16.0 Å². The van der Waals surface area contributed by atoms with E-state index in [-0.39, 0.29) is 12.5 Å². The van der Waals surface area contributed by atoms with E-state index in [1.165, 1.54) is 0 Å². The molecule has 0 aliphatic rings. The van der Waals surface area contributed by atoms with Crippen molar-refractivity contribution in [2.75, 3.05) is 20.1 Å². The molecule has 18 heavy (non-hydrogen) atoms. The van der Waals surface area contributed by atoms with Gasteiger partial charge in [-0.15, -0.1) is 0 Å². The number of likely N-dealkylation sites (N-methyl/N-ethyl adjacent to an activating group) is 1. The van der Waals surface area contributed by atoms with Crippen LogP contribution in [0.4, 0.5) is 0 Å². The number of amides is 1. The summed E-state index contributed by atoms with van der Waals surface area (Å²) in [7, 11) is 1.60. The largest absolute Gasteiger partial charge is 0.358 e. The van der Waals surface area contributed by atoms with Crippen LogP contribution in [0.1, 0.15) is 11.3 Å². The molecule has 0 atom stereocenters. The molecular formula is C12H17N5O. The third kappa shape index (κ3) is 5.39. The van der Waals surface area contributed by atoms with Crippen LogP contribution >= 0.6 is 0 Å². The molecule has 1 rings (SSSR count). The Bertz CT molecular complexity index is 427. The smallest absolute Gasteiger partial charge is 0.233 e. The molecule has 1 heterocycles. The van der Waals surface area contributed by atoms with Crippen molar-refractivity contribution in [3.63, 3.8) is 0 Å². The van der Waals surface area contributed by atoms with Gasteiger partial charge in [0, 0.05) is 26.3 Å². The highest BCUT2D eigenvalue weighted by Crippen LogP contribution is 2.01. The van der Waals surface area contributed by atoms with Gasteiger partial charge >= 0.3 is 0 Å². The van der Waals surface area contributed by atoms with E-state index in [4.69, 9.17) is 5.26 Å². The Morgan fingerprint density at radius 3 is 3.00 bits per heavy atom. The molecule has 0 aromatic carbocycles.